The van der Waals surface area contributed by atoms with Crippen molar-refractivity contribution in [2.45, 2.75) is 51.5 Å². The number of hydrogen-bond acceptors (Lipinski definition) is 4. The van der Waals surface area contributed by atoms with E-state index in [-0.39, 0.29) is 11.9 Å². The van der Waals surface area contributed by atoms with Crippen LogP contribution in [-0.2, 0) is 16.0 Å². The number of anilines is 2. The highest BCUT2D eigenvalue weighted by molar-refractivity contribution is 6.00. The molecule has 1 fully saturated rings. The minimum Gasteiger partial charge on any atom is -0.462 e. The number of carbonyl (C=O) groups is 2. The summed E-state index contributed by atoms with van der Waals surface area (Å²) in [7, 11) is 0. The Morgan fingerprint density at radius 3 is 2.82 bits per heavy atom. The smallest absolute Gasteiger partial charge is 0.338 e. The summed E-state index contributed by atoms with van der Waals surface area (Å²) in [5.74, 6) is -0.275. The SMILES string of the molecule is CCOC(=O)c1cc2c(c(NC3CCCC3)c1)NC(=O)CC2. The van der Waals surface area contributed by atoms with Crippen LogP contribution >= 0.6 is 0 Å². The summed E-state index contributed by atoms with van der Waals surface area (Å²) in [6, 6.07) is 4.06. The van der Waals surface area contributed by atoms with E-state index < -0.39 is 0 Å². The molecule has 1 aromatic rings. The standard InChI is InChI=1S/C17H22N2O3/c1-2-22-17(21)12-9-11-7-8-15(20)19-16(11)14(10-12)18-13-5-3-4-6-13/h9-10,13,18H,2-8H2,1H3,(H,19,20). The molecule has 1 amide bonds. The average Bonchev–Trinajstić information content (AvgIpc) is 3.01. The number of carbonyl (C=O) groups excluding carboxylic acids is 2. The monoisotopic (exact) mass is 302 g/mol. The molecule has 0 aromatic heterocycles. The van der Waals surface area contributed by atoms with Crippen molar-refractivity contribution in [1.82, 2.24) is 0 Å². The molecule has 1 aliphatic carbocycles. The Morgan fingerprint density at radius 2 is 2.09 bits per heavy atom. The highest BCUT2D eigenvalue weighted by Crippen LogP contribution is 2.34. The van der Waals surface area contributed by atoms with E-state index in [1.165, 1.54) is 12.8 Å². The van der Waals surface area contributed by atoms with E-state index in [9.17, 15) is 9.59 Å². The molecule has 22 heavy (non-hydrogen) atoms. The third-order valence-corrected chi connectivity index (χ3v) is 4.33. The average molecular weight is 302 g/mol. The van der Waals surface area contributed by atoms with Crippen molar-refractivity contribution < 1.29 is 14.3 Å². The van der Waals surface area contributed by atoms with Crippen molar-refractivity contribution in [2.75, 3.05) is 17.2 Å². The van der Waals surface area contributed by atoms with Gasteiger partial charge in [-0.1, -0.05) is 12.8 Å². The van der Waals surface area contributed by atoms with Crippen molar-refractivity contribution in [2.24, 2.45) is 0 Å². The Balaban J connectivity index is 1.94. The molecule has 2 aliphatic rings. The van der Waals surface area contributed by atoms with E-state index in [4.69, 9.17) is 4.74 Å². The normalized spacial score (nSPS) is 17.8. The van der Waals surface area contributed by atoms with Crippen LogP contribution in [0.2, 0.25) is 0 Å². The van der Waals surface area contributed by atoms with Crippen LogP contribution in [0.5, 0.6) is 0 Å². The topological polar surface area (TPSA) is 67.4 Å². The minimum absolute atomic E-state index is 0.0332. The summed E-state index contributed by atoms with van der Waals surface area (Å²) >= 11 is 0. The van der Waals surface area contributed by atoms with E-state index in [0.717, 1.165) is 29.8 Å². The molecular weight excluding hydrogens is 280 g/mol. The fourth-order valence-corrected chi connectivity index (χ4v) is 3.23. The largest absolute Gasteiger partial charge is 0.462 e. The quantitative estimate of drug-likeness (QED) is 0.839. The number of hydrogen-bond donors (Lipinski definition) is 2. The van der Waals surface area contributed by atoms with Gasteiger partial charge in [0.05, 0.1) is 23.5 Å². The molecule has 1 saturated carbocycles. The van der Waals surface area contributed by atoms with Gasteiger partial charge in [-0.25, -0.2) is 4.79 Å². The number of fused-ring (bicyclic) bond motifs is 1. The number of aryl methyl sites for hydroxylation is 1. The molecule has 5 heteroatoms. The van der Waals surface area contributed by atoms with Gasteiger partial charge in [0.1, 0.15) is 0 Å². The number of amides is 1. The number of esters is 1. The zero-order valence-corrected chi connectivity index (χ0v) is 12.9. The van der Waals surface area contributed by atoms with Crippen molar-refractivity contribution in [1.29, 1.82) is 0 Å². The lowest BCUT2D eigenvalue weighted by Gasteiger charge is -2.24. The van der Waals surface area contributed by atoms with Gasteiger partial charge in [0.15, 0.2) is 0 Å². The molecule has 1 heterocycles. The highest BCUT2D eigenvalue weighted by Gasteiger charge is 2.23. The van der Waals surface area contributed by atoms with Crippen LogP contribution in [0.15, 0.2) is 12.1 Å². The molecule has 1 aromatic carbocycles. The maximum atomic E-state index is 12.0. The van der Waals surface area contributed by atoms with Gasteiger partial charge < -0.3 is 15.4 Å². The molecule has 0 saturated heterocycles. The maximum absolute atomic E-state index is 12.0. The molecule has 2 N–H and O–H groups in total. The number of nitrogens with one attached hydrogen (secondary N) is 2. The van der Waals surface area contributed by atoms with Crippen molar-refractivity contribution in [3.63, 3.8) is 0 Å². The van der Waals surface area contributed by atoms with Crippen LogP contribution in [0.1, 0.15) is 54.9 Å². The Kier molecular flexibility index (Phi) is 4.32. The highest BCUT2D eigenvalue weighted by atomic mass is 16.5. The molecule has 0 atom stereocenters. The second-order valence-electron chi connectivity index (χ2n) is 5.95. The predicted octanol–water partition coefficient (Wildman–Crippen LogP) is 3.10. The van der Waals surface area contributed by atoms with Gasteiger partial charge in [0.2, 0.25) is 5.91 Å². The first kappa shape index (κ1) is 14.9. The first-order chi connectivity index (χ1) is 10.7. The van der Waals surface area contributed by atoms with Crippen LogP contribution in [0, 0.1) is 0 Å². The summed E-state index contributed by atoms with van der Waals surface area (Å²) in [6.45, 7) is 2.16. The summed E-state index contributed by atoms with van der Waals surface area (Å²) in [6.07, 6.45) is 5.84. The lowest BCUT2D eigenvalue weighted by atomic mass is 9.98. The molecule has 118 valence electrons. The van der Waals surface area contributed by atoms with Crippen LogP contribution in [0.4, 0.5) is 11.4 Å². The zero-order valence-electron chi connectivity index (χ0n) is 12.9. The van der Waals surface area contributed by atoms with E-state index >= 15 is 0 Å². The molecule has 5 nitrogen and oxygen atoms in total. The van der Waals surface area contributed by atoms with Gasteiger partial charge in [-0.3, -0.25) is 4.79 Å². The summed E-state index contributed by atoms with van der Waals surface area (Å²) < 4.78 is 5.11. The van der Waals surface area contributed by atoms with Crippen LogP contribution in [0.3, 0.4) is 0 Å². The first-order valence-corrected chi connectivity index (χ1v) is 8.08. The maximum Gasteiger partial charge on any atom is 0.338 e. The molecular formula is C17H22N2O3. The number of ether oxygens (including phenoxy) is 1. The second kappa shape index (κ2) is 6.38. The van der Waals surface area contributed by atoms with Gasteiger partial charge >= 0.3 is 5.97 Å². The molecule has 0 bridgehead atoms. The lowest BCUT2D eigenvalue weighted by Crippen LogP contribution is -2.23. The van der Waals surface area contributed by atoms with Crippen LogP contribution < -0.4 is 10.6 Å². The van der Waals surface area contributed by atoms with Gasteiger partial charge in [-0.2, -0.15) is 0 Å². The Bertz CT molecular complexity index is 592. The molecule has 0 spiro atoms. The van der Waals surface area contributed by atoms with Crippen molar-refractivity contribution in [3.05, 3.63) is 23.3 Å². The Hall–Kier alpha value is -2.04. The zero-order chi connectivity index (χ0) is 15.5. The predicted molar refractivity (Wildman–Crippen MR) is 85.2 cm³/mol. The van der Waals surface area contributed by atoms with Crippen molar-refractivity contribution in [3.8, 4) is 0 Å². The van der Waals surface area contributed by atoms with Gasteiger partial charge in [0.25, 0.3) is 0 Å². The Labute approximate surface area is 130 Å². The van der Waals surface area contributed by atoms with Crippen LogP contribution in [0.25, 0.3) is 0 Å². The lowest BCUT2D eigenvalue weighted by molar-refractivity contribution is -0.116. The molecule has 0 radical (unpaired) electrons. The van der Waals surface area contributed by atoms with E-state index in [1.807, 2.05) is 6.07 Å². The van der Waals surface area contributed by atoms with Gasteiger partial charge in [-0.15, -0.1) is 0 Å². The fourth-order valence-electron chi connectivity index (χ4n) is 3.23. The summed E-state index contributed by atoms with van der Waals surface area (Å²) in [5.41, 5.74) is 3.24. The fraction of sp³-hybridized carbons (Fsp3) is 0.529. The second-order valence-corrected chi connectivity index (χ2v) is 5.95. The van der Waals surface area contributed by atoms with E-state index in [0.29, 0.717) is 31.1 Å². The van der Waals surface area contributed by atoms with Gasteiger partial charge in [0, 0.05) is 12.5 Å². The van der Waals surface area contributed by atoms with E-state index in [2.05, 4.69) is 10.6 Å². The number of rotatable bonds is 4. The molecule has 3 rings (SSSR count). The molecule has 1 aliphatic heterocycles. The third-order valence-electron chi connectivity index (χ3n) is 4.33. The first-order valence-electron chi connectivity index (χ1n) is 8.08. The summed E-state index contributed by atoms with van der Waals surface area (Å²) in [4.78, 5) is 23.8. The van der Waals surface area contributed by atoms with Crippen LogP contribution in [-0.4, -0.2) is 24.5 Å². The summed E-state index contributed by atoms with van der Waals surface area (Å²) in [5, 5.41) is 6.45. The number of benzene rings is 1. The van der Waals surface area contributed by atoms with E-state index in [1.54, 1.807) is 13.0 Å². The molecule has 0 unspecified atom stereocenters. The minimum atomic E-state index is -0.309. The Morgan fingerprint density at radius 1 is 1.32 bits per heavy atom. The van der Waals surface area contributed by atoms with Crippen molar-refractivity contribution >= 4 is 23.3 Å². The van der Waals surface area contributed by atoms with Gasteiger partial charge in [-0.05, 0) is 43.9 Å². The third kappa shape index (κ3) is 3.08.